The fraction of sp³-hybridized carbons (Fsp3) is 0.250. The number of allylic oxidation sites excluding steroid dienone is 1. The average molecular weight is 243 g/mol. The Bertz CT molecular complexity index is 361. The summed E-state index contributed by atoms with van der Waals surface area (Å²) in [7, 11) is 0. The molecular formula is C12H15F2NO2. The number of aldehydes is 1. The molecule has 0 atom stereocenters. The number of nitrogens with two attached hydrogens (primary N) is 1. The number of alkyl halides is 2. The van der Waals surface area contributed by atoms with Crippen molar-refractivity contribution in [1.82, 2.24) is 0 Å². The summed E-state index contributed by atoms with van der Waals surface area (Å²) in [6, 6.07) is 5.69. The Morgan fingerprint density at radius 3 is 2.24 bits per heavy atom. The summed E-state index contributed by atoms with van der Waals surface area (Å²) in [5.41, 5.74) is 6.34. The SMILES string of the molecule is CC.N/C(=C\C=O)c1ccc(OC(F)F)cc1. The van der Waals surface area contributed by atoms with E-state index in [2.05, 4.69) is 4.74 Å². The second-order valence-corrected chi connectivity index (χ2v) is 2.66. The molecule has 0 aliphatic heterocycles. The molecule has 0 saturated heterocycles. The molecule has 0 saturated carbocycles. The number of ether oxygens (including phenoxy) is 1. The van der Waals surface area contributed by atoms with Crippen LogP contribution in [0.1, 0.15) is 19.4 Å². The van der Waals surface area contributed by atoms with Crippen LogP contribution in [0.15, 0.2) is 30.3 Å². The van der Waals surface area contributed by atoms with Gasteiger partial charge in [0.15, 0.2) is 0 Å². The lowest BCUT2D eigenvalue weighted by atomic mass is 10.1. The third-order valence-electron chi connectivity index (χ3n) is 1.66. The molecular weight excluding hydrogens is 228 g/mol. The van der Waals surface area contributed by atoms with Gasteiger partial charge >= 0.3 is 6.61 Å². The van der Waals surface area contributed by atoms with E-state index in [4.69, 9.17) is 5.73 Å². The maximum atomic E-state index is 11.8. The fourth-order valence-corrected chi connectivity index (χ4v) is 0.998. The minimum atomic E-state index is -2.85. The molecule has 0 aliphatic carbocycles. The highest BCUT2D eigenvalue weighted by atomic mass is 19.3. The van der Waals surface area contributed by atoms with Gasteiger partial charge in [-0.25, -0.2) is 0 Å². The van der Waals surface area contributed by atoms with Gasteiger partial charge in [0.25, 0.3) is 0 Å². The van der Waals surface area contributed by atoms with E-state index in [1.54, 1.807) is 0 Å². The molecule has 0 amide bonds. The minimum absolute atomic E-state index is 0.0488. The van der Waals surface area contributed by atoms with Crippen LogP contribution in [0.25, 0.3) is 5.70 Å². The zero-order valence-electron chi connectivity index (χ0n) is 9.69. The first-order valence-corrected chi connectivity index (χ1v) is 5.09. The quantitative estimate of drug-likeness (QED) is 0.653. The lowest BCUT2D eigenvalue weighted by Gasteiger charge is -2.05. The largest absolute Gasteiger partial charge is 0.435 e. The fourth-order valence-electron chi connectivity index (χ4n) is 0.998. The topological polar surface area (TPSA) is 52.3 Å². The average Bonchev–Trinajstić information content (AvgIpc) is 2.32. The molecule has 3 nitrogen and oxygen atoms in total. The maximum absolute atomic E-state index is 11.8. The predicted molar refractivity (Wildman–Crippen MR) is 62.7 cm³/mol. The van der Waals surface area contributed by atoms with E-state index in [-0.39, 0.29) is 11.4 Å². The van der Waals surface area contributed by atoms with Crippen molar-refractivity contribution in [2.45, 2.75) is 20.5 Å². The first-order chi connectivity index (χ1) is 8.13. The van der Waals surface area contributed by atoms with E-state index in [1.165, 1.54) is 30.3 Å². The zero-order valence-corrected chi connectivity index (χ0v) is 9.69. The van der Waals surface area contributed by atoms with Gasteiger partial charge in [0, 0.05) is 11.8 Å². The Morgan fingerprint density at radius 2 is 1.82 bits per heavy atom. The van der Waals surface area contributed by atoms with Gasteiger partial charge in [0.2, 0.25) is 0 Å². The number of halogens is 2. The highest BCUT2D eigenvalue weighted by molar-refractivity contribution is 5.80. The summed E-state index contributed by atoms with van der Waals surface area (Å²) >= 11 is 0. The molecule has 0 heterocycles. The van der Waals surface area contributed by atoms with Gasteiger partial charge in [-0.3, -0.25) is 4.79 Å². The van der Waals surface area contributed by atoms with Crippen molar-refractivity contribution in [1.29, 1.82) is 0 Å². The highest BCUT2D eigenvalue weighted by Crippen LogP contribution is 2.17. The Hall–Kier alpha value is -1.91. The Balaban J connectivity index is 0.00000121. The van der Waals surface area contributed by atoms with Crippen molar-refractivity contribution in [3.05, 3.63) is 35.9 Å². The summed E-state index contributed by atoms with van der Waals surface area (Å²) < 4.78 is 27.7. The zero-order chi connectivity index (χ0) is 13.3. The van der Waals surface area contributed by atoms with E-state index in [9.17, 15) is 13.6 Å². The standard InChI is InChI=1S/C10H9F2NO2.C2H6/c11-10(12)15-8-3-1-7(2-4-8)9(13)5-6-14;1-2/h1-6,10H,13H2;1-2H3/b9-5-;. The van der Waals surface area contributed by atoms with Crippen LogP contribution in [-0.2, 0) is 4.79 Å². The van der Waals surface area contributed by atoms with E-state index in [0.717, 1.165) is 0 Å². The monoisotopic (exact) mass is 243 g/mol. The second-order valence-electron chi connectivity index (χ2n) is 2.66. The van der Waals surface area contributed by atoms with Crippen LogP contribution >= 0.6 is 0 Å². The third kappa shape index (κ3) is 5.65. The van der Waals surface area contributed by atoms with Gasteiger partial charge in [-0.1, -0.05) is 13.8 Å². The molecule has 2 N–H and O–H groups in total. The van der Waals surface area contributed by atoms with Crippen LogP contribution in [0, 0.1) is 0 Å². The highest BCUT2D eigenvalue weighted by Gasteiger charge is 2.03. The number of hydrogen-bond acceptors (Lipinski definition) is 3. The molecule has 17 heavy (non-hydrogen) atoms. The number of benzene rings is 1. The van der Waals surface area contributed by atoms with Crippen molar-refractivity contribution in [2.24, 2.45) is 5.73 Å². The van der Waals surface area contributed by atoms with Gasteiger partial charge in [-0.2, -0.15) is 8.78 Å². The van der Waals surface area contributed by atoms with E-state index in [1.807, 2.05) is 13.8 Å². The smallest absolute Gasteiger partial charge is 0.387 e. The molecule has 5 heteroatoms. The molecule has 1 aromatic carbocycles. The van der Waals surface area contributed by atoms with Crippen molar-refractivity contribution >= 4 is 12.0 Å². The van der Waals surface area contributed by atoms with Gasteiger partial charge in [0.1, 0.15) is 12.0 Å². The van der Waals surface area contributed by atoms with Crippen LogP contribution in [0.4, 0.5) is 8.78 Å². The molecule has 0 fully saturated rings. The van der Waals surface area contributed by atoms with Crippen LogP contribution in [0.3, 0.4) is 0 Å². The van der Waals surface area contributed by atoms with E-state index in [0.29, 0.717) is 11.8 Å². The summed E-state index contributed by atoms with van der Waals surface area (Å²) in [4.78, 5) is 10.1. The molecule has 0 bridgehead atoms. The Morgan fingerprint density at radius 1 is 1.29 bits per heavy atom. The van der Waals surface area contributed by atoms with Gasteiger partial charge in [-0.05, 0) is 29.8 Å². The Kier molecular flexibility index (Phi) is 7.34. The minimum Gasteiger partial charge on any atom is -0.435 e. The molecule has 0 spiro atoms. The van der Waals surface area contributed by atoms with Gasteiger partial charge in [-0.15, -0.1) is 0 Å². The lowest BCUT2D eigenvalue weighted by molar-refractivity contribution is -0.104. The summed E-state index contributed by atoms with van der Waals surface area (Å²) in [6.07, 6.45) is 1.74. The molecule has 1 rings (SSSR count). The molecule has 94 valence electrons. The van der Waals surface area contributed by atoms with E-state index >= 15 is 0 Å². The van der Waals surface area contributed by atoms with Crippen LogP contribution in [0.2, 0.25) is 0 Å². The number of carbonyl (C=O) groups excluding carboxylic acids is 1. The number of rotatable bonds is 4. The van der Waals surface area contributed by atoms with Crippen molar-refractivity contribution < 1.29 is 18.3 Å². The molecule has 0 unspecified atom stereocenters. The summed E-state index contributed by atoms with van der Waals surface area (Å²) in [6.45, 7) is 1.15. The molecule has 0 aliphatic rings. The van der Waals surface area contributed by atoms with E-state index < -0.39 is 6.61 Å². The van der Waals surface area contributed by atoms with Crippen LogP contribution in [-0.4, -0.2) is 12.9 Å². The van der Waals surface area contributed by atoms with Gasteiger partial charge < -0.3 is 10.5 Å². The maximum Gasteiger partial charge on any atom is 0.387 e. The third-order valence-corrected chi connectivity index (χ3v) is 1.66. The van der Waals surface area contributed by atoms with Crippen molar-refractivity contribution in [2.75, 3.05) is 0 Å². The molecule has 0 aromatic heterocycles. The normalized spacial score (nSPS) is 10.5. The van der Waals surface area contributed by atoms with Crippen LogP contribution < -0.4 is 10.5 Å². The molecule has 1 aromatic rings. The first kappa shape index (κ1) is 15.1. The van der Waals surface area contributed by atoms with Crippen molar-refractivity contribution in [3.63, 3.8) is 0 Å². The molecule has 0 radical (unpaired) electrons. The predicted octanol–water partition coefficient (Wildman–Crippen LogP) is 2.81. The summed E-state index contributed by atoms with van der Waals surface area (Å²) in [5, 5.41) is 0. The van der Waals surface area contributed by atoms with Crippen LogP contribution in [0.5, 0.6) is 5.75 Å². The number of carbonyl (C=O) groups is 1. The van der Waals surface area contributed by atoms with Crippen molar-refractivity contribution in [3.8, 4) is 5.75 Å². The Labute approximate surface area is 98.9 Å². The number of hydrogen-bond donors (Lipinski definition) is 1. The summed E-state index contributed by atoms with van der Waals surface area (Å²) in [5.74, 6) is 0.0488. The first-order valence-electron chi connectivity index (χ1n) is 5.09. The lowest BCUT2D eigenvalue weighted by Crippen LogP contribution is -2.02. The second kappa shape index (κ2) is 8.27. The van der Waals surface area contributed by atoms with Gasteiger partial charge in [0.05, 0.1) is 0 Å².